The number of imide groups is 1. The van der Waals surface area contributed by atoms with Crippen LogP contribution in [0, 0.1) is 0 Å². The molecule has 0 aliphatic carbocycles. The lowest BCUT2D eigenvalue weighted by atomic mass is 10.3. The second kappa shape index (κ2) is 4.92. The van der Waals surface area contributed by atoms with Crippen molar-refractivity contribution in [1.29, 1.82) is 0 Å². The molecule has 0 radical (unpaired) electrons. The lowest BCUT2D eigenvalue weighted by molar-refractivity contribution is -0.116. The molecular formula is C11H8N2O4S. The fourth-order valence-corrected chi connectivity index (χ4v) is 1.94. The van der Waals surface area contributed by atoms with Crippen molar-refractivity contribution in [2.45, 2.75) is 0 Å². The molecule has 1 aliphatic rings. The number of amides is 3. The van der Waals surface area contributed by atoms with E-state index >= 15 is 0 Å². The highest BCUT2D eigenvalue weighted by Crippen LogP contribution is 2.24. The molecular weight excluding hydrogens is 256 g/mol. The predicted molar refractivity (Wildman–Crippen MR) is 65.9 cm³/mol. The summed E-state index contributed by atoms with van der Waals surface area (Å²) in [6.45, 7) is 0. The van der Waals surface area contributed by atoms with Gasteiger partial charge in [0.2, 0.25) is 5.91 Å². The van der Waals surface area contributed by atoms with Crippen molar-refractivity contribution in [3.05, 3.63) is 35.2 Å². The average molecular weight is 264 g/mol. The minimum Gasteiger partial charge on any atom is -0.506 e. The highest BCUT2D eigenvalue weighted by molar-refractivity contribution is 8.18. The molecule has 3 N–H and O–H groups in total. The summed E-state index contributed by atoms with van der Waals surface area (Å²) in [6.07, 6.45) is 1.01. The van der Waals surface area contributed by atoms with Gasteiger partial charge in [-0.25, -0.2) is 0 Å². The normalized spacial score (nSPS) is 16.8. The summed E-state index contributed by atoms with van der Waals surface area (Å²) in [4.78, 5) is 33.7. The van der Waals surface area contributed by atoms with Gasteiger partial charge in [-0.05, 0) is 23.9 Å². The Labute approximate surface area is 106 Å². The van der Waals surface area contributed by atoms with Crippen molar-refractivity contribution in [2.24, 2.45) is 0 Å². The van der Waals surface area contributed by atoms with E-state index < -0.39 is 17.1 Å². The third-order valence-corrected chi connectivity index (χ3v) is 2.88. The maximum atomic E-state index is 11.6. The van der Waals surface area contributed by atoms with Crippen LogP contribution in [0.25, 0.3) is 0 Å². The second-order valence-electron chi connectivity index (χ2n) is 3.36. The molecule has 1 saturated heterocycles. The van der Waals surface area contributed by atoms with Gasteiger partial charge in [0.05, 0.1) is 10.6 Å². The number of rotatable bonds is 2. The largest absolute Gasteiger partial charge is 0.506 e. The Balaban J connectivity index is 2.10. The molecule has 1 aromatic carbocycles. The van der Waals surface area contributed by atoms with Crippen LogP contribution in [0.15, 0.2) is 35.2 Å². The first-order valence-electron chi connectivity index (χ1n) is 4.90. The minimum absolute atomic E-state index is 0.0212. The van der Waals surface area contributed by atoms with E-state index in [0.29, 0.717) is 11.8 Å². The van der Waals surface area contributed by atoms with Crippen LogP contribution in [0.3, 0.4) is 0 Å². The first kappa shape index (κ1) is 12.2. The van der Waals surface area contributed by atoms with Crippen LogP contribution >= 0.6 is 11.8 Å². The number of nitrogens with one attached hydrogen (secondary N) is 2. The van der Waals surface area contributed by atoms with E-state index in [1.807, 2.05) is 5.32 Å². The number of hydrogen-bond donors (Lipinski definition) is 3. The maximum Gasteiger partial charge on any atom is 0.290 e. The summed E-state index contributed by atoms with van der Waals surface area (Å²) < 4.78 is 0. The Morgan fingerprint density at radius 2 is 2.06 bits per heavy atom. The number of carbonyl (C=O) groups excluding carboxylic acids is 3. The van der Waals surface area contributed by atoms with Gasteiger partial charge < -0.3 is 10.4 Å². The number of para-hydroxylation sites is 2. The molecule has 0 spiro atoms. The van der Waals surface area contributed by atoms with Gasteiger partial charge in [0.1, 0.15) is 5.75 Å². The molecule has 0 saturated carbocycles. The number of benzene rings is 1. The highest BCUT2D eigenvalue weighted by atomic mass is 32.2. The maximum absolute atomic E-state index is 11.6. The number of carbonyl (C=O) groups is 3. The van der Waals surface area contributed by atoms with Crippen molar-refractivity contribution in [2.75, 3.05) is 5.32 Å². The standard InChI is InChI=1S/C11H8N2O4S/c14-7-4-2-1-3-6(7)12-9(15)5-8-10(16)13-11(17)18-8/h1-5,14H,(H,12,15)(H,13,16,17)/b8-5+. The van der Waals surface area contributed by atoms with E-state index in [2.05, 4.69) is 5.32 Å². The Kier molecular flexibility index (Phi) is 3.33. The van der Waals surface area contributed by atoms with Crippen molar-refractivity contribution in [3.63, 3.8) is 0 Å². The number of thioether (sulfide) groups is 1. The van der Waals surface area contributed by atoms with Gasteiger partial charge in [-0.15, -0.1) is 0 Å². The summed E-state index contributed by atoms with van der Waals surface area (Å²) >= 11 is 0.655. The monoisotopic (exact) mass is 264 g/mol. The molecule has 18 heavy (non-hydrogen) atoms. The fourth-order valence-electron chi connectivity index (χ4n) is 1.29. The van der Waals surface area contributed by atoms with E-state index in [9.17, 15) is 19.5 Å². The average Bonchev–Trinajstić information content (AvgIpc) is 2.61. The number of phenols is 1. The summed E-state index contributed by atoms with van der Waals surface area (Å²) in [7, 11) is 0. The van der Waals surface area contributed by atoms with Gasteiger partial charge in [-0.3, -0.25) is 19.7 Å². The number of aromatic hydroxyl groups is 1. The van der Waals surface area contributed by atoms with Crippen molar-refractivity contribution in [3.8, 4) is 5.75 Å². The van der Waals surface area contributed by atoms with Gasteiger partial charge in [-0.1, -0.05) is 12.1 Å². The molecule has 1 aliphatic heterocycles. The quantitative estimate of drug-likeness (QED) is 0.551. The third kappa shape index (κ3) is 2.69. The van der Waals surface area contributed by atoms with Crippen LogP contribution in [0.1, 0.15) is 0 Å². The van der Waals surface area contributed by atoms with Crippen LogP contribution in [0.5, 0.6) is 5.75 Å². The van der Waals surface area contributed by atoms with Gasteiger partial charge in [-0.2, -0.15) is 0 Å². The molecule has 2 rings (SSSR count). The van der Waals surface area contributed by atoms with E-state index in [0.717, 1.165) is 6.08 Å². The Hall–Kier alpha value is -2.28. The number of phenolic OH excluding ortho intramolecular Hbond substituents is 1. The molecule has 0 unspecified atom stereocenters. The van der Waals surface area contributed by atoms with Crippen LogP contribution in [0.2, 0.25) is 0 Å². The van der Waals surface area contributed by atoms with Crippen molar-refractivity contribution in [1.82, 2.24) is 5.32 Å². The van der Waals surface area contributed by atoms with Crippen molar-refractivity contribution >= 4 is 34.5 Å². The second-order valence-corrected chi connectivity index (χ2v) is 4.37. The molecule has 3 amide bonds. The Bertz CT molecular complexity index is 568. The summed E-state index contributed by atoms with van der Waals surface area (Å²) in [5.41, 5.74) is 0.231. The van der Waals surface area contributed by atoms with E-state index in [4.69, 9.17) is 0 Å². The zero-order valence-corrected chi connectivity index (χ0v) is 9.78. The van der Waals surface area contributed by atoms with Crippen LogP contribution in [-0.4, -0.2) is 22.2 Å². The van der Waals surface area contributed by atoms with Gasteiger partial charge >= 0.3 is 0 Å². The molecule has 92 valence electrons. The van der Waals surface area contributed by atoms with Crippen LogP contribution < -0.4 is 10.6 Å². The summed E-state index contributed by atoms with van der Waals surface area (Å²) in [5, 5.41) is 13.4. The third-order valence-electron chi connectivity index (χ3n) is 2.07. The van der Waals surface area contributed by atoms with E-state index in [1.165, 1.54) is 12.1 Å². The number of anilines is 1. The van der Waals surface area contributed by atoms with E-state index in [1.54, 1.807) is 12.1 Å². The van der Waals surface area contributed by atoms with Crippen molar-refractivity contribution < 1.29 is 19.5 Å². The smallest absolute Gasteiger partial charge is 0.290 e. The topological polar surface area (TPSA) is 95.5 Å². The minimum atomic E-state index is -0.600. The van der Waals surface area contributed by atoms with E-state index in [-0.39, 0.29) is 16.3 Å². The Morgan fingerprint density at radius 1 is 1.33 bits per heavy atom. The van der Waals surface area contributed by atoms with Gasteiger partial charge in [0, 0.05) is 6.08 Å². The molecule has 0 bridgehead atoms. The van der Waals surface area contributed by atoms with Crippen LogP contribution in [0.4, 0.5) is 10.5 Å². The molecule has 7 heteroatoms. The molecule has 0 aromatic heterocycles. The zero-order chi connectivity index (χ0) is 13.1. The molecule has 1 aromatic rings. The first-order chi connectivity index (χ1) is 8.56. The van der Waals surface area contributed by atoms with Gasteiger partial charge in [0.25, 0.3) is 11.1 Å². The first-order valence-corrected chi connectivity index (χ1v) is 5.72. The molecule has 1 heterocycles. The molecule has 6 nitrogen and oxygen atoms in total. The van der Waals surface area contributed by atoms with Crippen LogP contribution in [-0.2, 0) is 9.59 Å². The fraction of sp³-hybridized carbons (Fsp3) is 0. The lowest BCUT2D eigenvalue weighted by Gasteiger charge is -2.04. The molecule has 1 fully saturated rings. The summed E-state index contributed by atoms with van der Waals surface area (Å²) in [6, 6.07) is 6.19. The zero-order valence-electron chi connectivity index (χ0n) is 8.97. The summed E-state index contributed by atoms with van der Waals surface area (Å²) in [5.74, 6) is -1.27. The predicted octanol–water partition coefficient (Wildman–Crippen LogP) is 1.20. The Morgan fingerprint density at radius 3 is 2.67 bits per heavy atom. The number of hydrogen-bond acceptors (Lipinski definition) is 5. The van der Waals surface area contributed by atoms with Gasteiger partial charge in [0.15, 0.2) is 0 Å². The molecule has 0 atom stereocenters. The lowest BCUT2D eigenvalue weighted by Crippen LogP contribution is -2.18. The SMILES string of the molecule is O=C(/C=C1/SC(=O)NC1=O)Nc1ccccc1O. The highest BCUT2D eigenvalue weighted by Gasteiger charge is 2.25.